The summed E-state index contributed by atoms with van der Waals surface area (Å²) in [5, 5.41) is 0. The Hall–Kier alpha value is -4.46. The number of nitrogens with two attached hydrogens (primary N) is 2. The largest absolute Gasteiger partial charge is 0.497 e. The molecule has 0 aliphatic rings. The molecule has 0 amide bonds. The van der Waals surface area contributed by atoms with Crippen molar-refractivity contribution in [1.82, 2.24) is 0 Å². The predicted molar refractivity (Wildman–Crippen MR) is 135 cm³/mol. The van der Waals surface area contributed by atoms with Crippen LogP contribution in [0.4, 0.5) is 11.4 Å². The first-order chi connectivity index (χ1) is 16.9. The molecule has 3 aromatic rings. The Balaban J connectivity index is 1.48. The molecule has 0 radical (unpaired) electrons. The average Bonchev–Trinajstić information content (AvgIpc) is 2.84. The van der Waals surface area contributed by atoms with Crippen LogP contribution in [0, 0.1) is 0 Å². The van der Waals surface area contributed by atoms with Gasteiger partial charge in [0, 0.05) is 41.6 Å². The number of esters is 2. The van der Waals surface area contributed by atoms with Gasteiger partial charge in [-0.1, -0.05) is 24.3 Å². The Bertz CT molecular complexity index is 1180. The molecule has 0 fully saturated rings. The molecule has 0 bridgehead atoms. The number of ether oxygens (including phenoxy) is 4. The van der Waals surface area contributed by atoms with Gasteiger partial charge >= 0.3 is 11.9 Å². The second-order valence-electron chi connectivity index (χ2n) is 7.60. The van der Waals surface area contributed by atoms with Crippen molar-refractivity contribution >= 4 is 29.4 Å². The van der Waals surface area contributed by atoms with E-state index in [0.29, 0.717) is 23.5 Å². The lowest BCUT2D eigenvalue weighted by atomic mass is 10.0. The molecule has 0 heterocycles. The summed E-state index contributed by atoms with van der Waals surface area (Å²) in [4.78, 5) is 24.0. The van der Waals surface area contributed by atoms with E-state index in [1.807, 2.05) is 42.5 Å². The molecule has 0 saturated heterocycles. The van der Waals surface area contributed by atoms with Gasteiger partial charge in [0.15, 0.2) is 0 Å². The van der Waals surface area contributed by atoms with Crippen LogP contribution in [0.1, 0.15) is 18.4 Å². The van der Waals surface area contributed by atoms with Gasteiger partial charge in [0.25, 0.3) is 0 Å². The van der Waals surface area contributed by atoms with E-state index in [9.17, 15) is 9.59 Å². The van der Waals surface area contributed by atoms with Crippen molar-refractivity contribution in [3.05, 3.63) is 72.3 Å². The Morgan fingerprint density at radius 2 is 1.51 bits per heavy atom. The van der Waals surface area contributed by atoms with Crippen LogP contribution in [-0.4, -0.2) is 32.8 Å². The molecule has 0 unspecified atom stereocenters. The second-order valence-corrected chi connectivity index (χ2v) is 7.60. The van der Waals surface area contributed by atoms with Gasteiger partial charge in [-0.15, -0.1) is 0 Å². The van der Waals surface area contributed by atoms with Crippen LogP contribution in [0.15, 0.2) is 66.7 Å². The fraction of sp³-hybridized carbons (Fsp3) is 0.185. The molecular formula is C27H28N2O6. The van der Waals surface area contributed by atoms with Crippen LogP contribution in [0.25, 0.3) is 17.2 Å². The summed E-state index contributed by atoms with van der Waals surface area (Å²) in [6.07, 6.45) is 3.33. The summed E-state index contributed by atoms with van der Waals surface area (Å²) in [6.45, 7) is 0.0743. The van der Waals surface area contributed by atoms with Crippen molar-refractivity contribution in [3.63, 3.8) is 0 Å². The van der Waals surface area contributed by atoms with Gasteiger partial charge in [0.2, 0.25) is 0 Å². The molecule has 0 saturated carbocycles. The highest BCUT2D eigenvalue weighted by molar-refractivity contribution is 5.88. The molecule has 0 atom stereocenters. The summed E-state index contributed by atoms with van der Waals surface area (Å²) < 4.78 is 21.0. The molecular weight excluding hydrogens is 448 g/mol. The minimum Gasteiger partial charge on any atom is -0.497 e. The van der Waals surface area contributed by atoms with Gasteiger partial charge in [-0.25, -0.2) is 4.79 Å². The normalized spacial score (nSPS) is 10.7. The second kappa shape index (κ2) is 12.1. The van der Waals surface area contributed by atoms with E-state index in [0.717, 1.165) is 22.4 Å². The first-order valence-electron chi connectivity index (χ1n) is 10.9. The van der Waals surface area contributed by atoms with E-state index in [4.69, 9.17) is 30.4 Å². The van der Waals surface area contributed by atoms with Gasteiger partial charge in [0.05, 0.1) is 20.8 Å². The summed E-state index contributed by atoms with van der Waals surface area (Å²) in [6, 6.07) is 18.0. The maximum atomic E-state index is 12.1. The van der Waals surface area contributed by atoms with Crippen molar-refractivity contribution in [1.29, 1.82) is 0 Å². The Labute approximate surface area is 204 Å². The molecule has 182 valence electrons. The first kappa shape index (κ1) is 25.2. The zero-order chi connectivity index (χ0) is 25.2. The maximum Gasteiger partial charge on any atom is 0.330 e. The third-order valence-corrected chi connectivity index (χ3v) is 5.01. The highest BCUT2D eigenvalue weighted by atomic mass is 16.5. The molecule has 4 N–H and O–H groups in total. The molecule has 0 spiro atoms. The van der Waals surface area contributed by atoms with Gasteiger partial charge in [0.1, 0.15) is 17.2 Å². The van der Waals surface area contributed by atoms with Crippen LogP contribution in [-0.2, 0) is 14.3 Å². The van der Waals surface area contributed by atoms with Crippen molar-refractivity contribution in [2.45, 2.75) is 12.8 Å². The Morgan fingerprint density at radius 3 is 2.17 bits per heavy atom. The SMILES string of the molecule is COc1ccc(-c2ccc(/C=C/C(=O)OCCCC(=O)Oc3cc(N)cc(N)c3)c(OC)c2)cc1. The standard InChI is InChI=1S/C27H28N2O6/c1-32-23-10-7-18(8-11-23)20-6-5-19(25(14-20)33-2)9-12-26(30)34-13-3-4-27(31)35-24-16-21(28)15-22(29)17-24/h5-12,14-17H,3-4,13,28-29H2,1-2H3/b12-9+. The number of methoxy groups -OCH3 is 2. The molecule has 0 aliphatic heterocycles. The van der Waals surface area contributed by atoms with E-state index < -0.39 is 11.9 Å². The predicted octanol–water partition coefficient (Wildman–Crippen LogP) is 4.48. The number of carbonyl (C=O) groups is 2. The summed E-state index contributed by atoms with van der Waals surface area (Å²) in [7, 11) is 3.19. The quantitative estimate of drug-likeness (QED) is 0.144. The number of anilines is 2. The zero-order valence-corrected chi connectivity index (χ0v) is 19.7. The minimum atomic E-state index is -0.525. The van der Waals surface area contributed by atoms with Crippen molar-refractivity contribution in [3.8, 4) is 28.4 Å². The van der Waals surface area contributed by atoms with Crippen molar-refractivity contribution in [2.75, 3.05) is 32.3 Å². The summed E-state index contributed by atoms with van der Waals surface area (Å²) in [5.74, 6) is 0.681. The fourth-order valence-corrected chi connectivity index (χ4v) is 3.29. The number of carbonyl (C=O) groups excluding carboxylic acids is 2. The van der Waals surface area contributed by atoms with Crippen LogP contribution in [0.5, 0.6) is 17.2 Å². The lowest BCUT2D eigenvalue weighted by molar-refractivity contribution is -0.140. The molecule has 8 heteroatoms. The van der Waals surface area contributed by atoms with Crippen LogP contribution < -0.4 is 25.7 Å². The Kier molecular flexibility index (Phi) is 8.72. The topological polar surface area (TPSA) is 123 Å². The lowest BCUT2D eigenvalue weighted by Crippen LogP contribution is -2.10. The lowest BCUT2D eigenvalue weighted by Gasteiger charge is -2.09. The highest BCUT2D eigenvalue weighted by Crippen LogP contribution is 2.29. The summed E-state index contributed by atoms with van der Waals surface area (Å²) in [5.41, 5.74) is 14.9. The van der Waals surface area contributed by atoms with E-state index in [1.165, 1.54) is 18.2 Å². The molecule has 35 heavy (non-hydrogen) atoms. The third kappa shape index (κ3) is 7.53. The van der Waals surface area contributed by atoms with Gasteiger partial charge in [-0.3, -0.25) is 4.79 Å². The van der Waals surface area contributed by atoms with Crippen molar-refractivity contribution < 1.29 is 28.5 Å². The van der Waals surface area contributed by atoms with Gasteiger partial charge in [-0.05, 0) is 47.9 Å². The van der Waals surface area contributed by atoms with Crippen LogP contribution in [0.3, 0.4) is 0 Å². The zero-order valence-electron chi connectivity index (χ0n) is 19.7. The van der Waals surface area contributed by atoms with E-state index >= 15 is 0 Å². The summed E-state index contributed by atoms with van der Waals surface area (Å²) >= 11 is 0. The number of hydrogen-bond donors (Lipinski definition) is 2. The van der Waals surface area contributed by atoms with Crippen molar-refractivity contribution in [2.24, 2.45) is 0 Å². The number of hydrogen-bond acceptors (Lipinski definition) is 8. The number of nitrogen functional groups attached to an aromatic ring is 2. The number of rotatable bonds is 10. The van der Waals surface area contributed by atoms with Gasteiger partial charge < -0.3 is 30.4 Å². The minimum absolute atomic E-state index is 0.0743. The molecule has 0 aliphatic carbocycles. The maximum absolute atomic E-state index is 12.1. The van der Waals surface area contributed by atoms with Crippen LogP contribution >= 0.6 is 0 Å². The third-order valence-electron chi connectivity index (χ3n) is 5.01. The smallest absolute Gasteiger partial charge is 0.330 e. The molecule has 3 aromatic carbocycles. The molecule has 8 nitrogen and oxygen atoms in total. The monoisotopic (exact) mass is 476 g/mol. The molecule has 0 aromatic heterocycles. The fourth-order valence-electron chi connectivity index (χ4n) is 3.29. The van der Waals surface area contributed by atoms with E-state index in [-0.39, 0.29) is 18.8 Å². The Morgan fingerprint density at radius 1 is 0.829 bits per heavy atom. The highest BCUT2D eigenvalue weighted by Gasteiger charge is 2.08. The number of benzene rings is 3. The average molecular weight is 477 g/mol. The molecule has 3 rings (SSSR count). The first-order valence-corrected chi connectivity index (χ1v) is 10.9. The van der Waals surface area contributed by atoms with Crippen LogP contribution in [0.2, 0.25) is 0 Å². The van der Waals surface area contributed by atoms with E-state index in [1.54, 1.807) is 26.4 Å². The van der Waals surface area contributed by atoms with Gasteiger partial charge in [-0.2, -0.15) is 0 Å². The van der Waals surface area contributed by atoms with E-state index in [2.05, 4.69) is 0 Å².